The van der Waals surface area contributed by atoms with Crippen molar-refractivity contribution in [2.45, 2.75) is 131 Å². The molecule has 0 fully saturated rings. The molecular formula is C28H56O2Si2. The first-order valence-electron chi connectivity index (χ1n) is 12.6. The fourth-order valence-electron chi connectivity index (χ4n) is 3.05. The van der Waals surface area contributed by atoms with Gasteiger partial charge in [0.1, 0.15) is 0 Å². The minimum atomic E-state index is -1.86. The van der Waals surface area contributed by atoms with Crippen LogP contribution in [0.1, 0.15) is 88.5 Å². The normalized spacial score (nSPS) is 17.2. The van der Waals surface area contributed by atoms with Gasteiger partial charge >= 0.3 is 0 Å². The number of hydrogen-bond acceptors (Lipinski definition) is 2. The van der Waals surface area contributed by atoms with Gasteiger partial charge in [-0.1, -0.05) is 83.9 Å². The predicted molar refractivity (Wildman–Crippen MR) is 151 cm³/mol. The zero-order valence-corrected chi connectivity index (χ0v) is 26.1. The maximum Gasteiger partial charge on any atom is 0.192 e. The first-order valence-corrected chi connectivity index (χ1v) is 18.5. The Kier molecular flexibility index (Phi) is 12.7. The third-order valence-electron chi connectivity index (χ3n) is 7.39. The maximum absolute atomic E-state index is 6.90. The summed E-state index contributed by atoms with van der Waals surface area (Å²) >= 11 is 0. The summed E-state index contributed by atoms with van der Waals surface area (Å²) in [6.45, 7) is 33.0. The van der Waals surface area contributed by atoms with E-state index in [1.807, 2.05) is 0 Å². The fraction of sp³-hybridized carbons (Fsp3) is 0.786. The number of hydrogen-bond donors (Lipinski definition) is 0. The second-order valence-electron chi connectivity index (χ2n) is 12.7. The van der Waals surface area contributed by atoms with Crippen LogP contribution in [-0.2, 0) is 8.85 Å². The van der Waals surface area contributed by atoms with Crippen LogP contribution in [-0.4, -0.2) is 29.3 Å². The molecule has 188 valence electrons. The lowest BCUT2D eigenvalue weighted by Gasteiger charge is -2.40. The van der Waals surface area contributed by atoms with E-state index in [1.165, 1.54) is 17.6 Å². The van der Waals surface area contributed by atoms with Crippen molar-refractivity contribution in [3.63, 3.8) is 0 Å². The highest BCUT2D eigenvalue weighted by Crippen LogP contribution is 2.39. The van der Waals surface area contributed by atoms with Crippen LogP contribution in [0.15, 0.2) is 35.5 Å². The molecule has 0 bridgehead atoms. The van der Waals surface area contributed by atoms with Crippen molar-refractivity contribution in [3.05, 3.63) is 35.5 Å². The van der Waals surface area contributed by atoms with Crippen molar-refractivity contribution in [3.8, 4) is 0 Å². The lowest BCUT2D eigenvalue weighted by atomic mass is 9.98. The van der Waals surface area contributed by atoms with E-state index in [0.29, 0.717) is 5.92 Å². The molecule has 0 saturated heterocycles. The van der Waals surface area contributed by atoms with Gasteiger partial charge in [-0.2, -0.15) is 0 Å². The molecule has 0 heterocycles. The molecule has 0 aromatic rings. The zero-order valence-electron chi connectivity index (χ0n) is 24.1. The van der Waals surface area contributed by atoms with E-state index in [9.17, 15) is 0 Å². The molecule has 0 aliphatic rings. The molecule has 0 rings (SSSR count). The highest BCUT2D eigenvalue weighted by atomic mass is 28.4. The van der Waals surface area contributed by atoms with Crippen molar-refractivity contribution in [2.24, 2.45) is 5.92 Å². The van der Waals surface area contributed by atoms with Crippen molar-refractivity contribution >= 4 is 16.6 Å². The fourth-order valence-corrected chi connectivity index (χ4v) is 5.46. The van der Waals surface area contributed by atoms with Crippen molar-refractivity contribution in [2.75, 3.05) is 6.61 Å². The van der Waals surface area contributed by atoms with E-state index < -0.39 is 16.6 Å². The Labute approximate surface area is 204 Å². The maximum atomic E-state index is 6.90. The van der Waals surface area contributed by atoms with E-state index in [1.54, 1.807) is 0 Å². The first-order chi connectivity index (χ1) is 14.3. The minimum Gasteiger partial charge on any atom is -0.417 e. The summed E-state index contributed by atoms with van der Waals surface area (Å²) in [6, 6.07) is 0. The topological polar surface area (TPSA) is 18.5 Å². The van der Waals surface area contributed by atoms with Gasteiger partial charge in [0.05, 0.1) is 6.10 Å². The van der Waals surface area contributed by atoms with Crippen molar-refractivity contribution < 1.29 is 8.85 Å². The first kappa shape index (κ1) is 31.6. The highest BCUT2D eigenvalue weighted by molar-refractivity contribution is 6.74. The van der Waals surface area contributed by atoms with Crippen LogP contribution in [0.5, 0.6) is 0 Å². The molecule has 4 heteroatoms. The Balaban J connectivity index is 5.21. The van der Waals surface area contributed by atoms with Crippen LogP contribution in [0.2, 0.25) is 36.3 Å². The Morgan fingerprint density at radius 3 is 1.84 bits per heavy atom. The Hall–Kier alpha value is -0.426. The summed E-state index contributed by atoms with van der Waals surface area (Å²) in [5.41, 5.74) is 2.74. The third kappa shape index (κ3) is 11.1. The van der Waals surface area contributed by atoms with E-state index in [2.05, 4.69) is 120 Å². The summed E-state index contributed by atoms with van der Waals surface area (Å²) in [4.78, 5) is 0. The van der Waals surface area contributed by atoms with Crippen LogP contribution < -0.4 is 0 Å². The second kappa shape index (κ2) is 12.9. The average molecular weight is 481 g/mol. The minimum absolute atomic E-state index is 0.125. The number of rotatable bonds is 12. The molecule has 0 unspecified atom stereocenters. The van der Waals surface area contributed by atoms with Crippen molar-refractivity contribution in [1.29, 1.82) is 0 Å². The molecule has 0 saturated carbocycles. The summed E-state index contributed by atoms with van der Waals surface area (Å²) in [6.07, 6.45) is 12.6. The lowest BCUT2D eigenvalue weighted by molar-refractivity contribution is 0.188. The second-order valence-corrected chi connectivity index (χ2v) is 22.3. The monoisotopic (exact) mass is 480 g/mol. The molecule has 0 amide bonds. The van der Waals surface area contributed by atoms with Crippen LogP contribution in [0, 0.1) is 5.92 Å². The largest absolute Gasteiger partial charge is 0.417 e. The summed E-state index contributed by atoms with van der Waals surface area (Å²) < 4.78 is 13.2. The van der Waals surface area contributed by atoms with Gasteiger partial charge in [0.2, 0.25) is 0 Å². The Bertz CT molecular complexity index is 643. The van der Waals surface area contributed by atoms with Crippen LogP contribution in [0.4, 0.5) is 0 Å². The van der Waals surface area contributed by atoms with Gasteiger partial charge in [-0.05, 0) is 76.3 Å². The van der Waals surface area contributed by atoms with Gasteiger partial charge in [-0.25, -0.2) is 0 Å². The highest BCUT2D eigenvalue weighted by Gasteiger charge is 2.39. The van der Waals surface area contributed by atoms with Gasteiger partial charge < -0.3 is 8.85 Å². The molecule has 32 heavy (non-hydrogen) atoms. The van der Waals surface area contributed by atoms with E-state index in [-0.39, 0.29) is 16.2 Å². The van der Waals surface area contributed by atoms with Crippen molar-refractivity contribution in [1.82, 2.24) is 0 Å². The van der Waals surface area contributed by atoms with E-state index in [0.717, 1.165) is 19.4 Å². The zero-order chi connectivity index (χ0) is 25.4. The van der Waals surface area contributed by atoms with Gasteiger partial charge in [0.25, 0.3) is 0 Å². The molecule has 0 N–H and O–H groups in total. The summed E-state index contributed by atoms with van der Waals surface area (Å²) in [5, 5.41) is 0.488. The summed E-state index contributed by atoms with van der Waals surface area (Å²) in [7, 11) is -3.49. The van der Waals surface area contributed by atoms with E-state index in [4.69, 9.17) is 8.85 Å². The quantitative estimate of drug-likeness (QED) is 0.120. The Morgan fingerprint density at radius 1 is 0.844 bits per heavy atom. The van der Waals surface area contributed by atoms with Crippen LogP contribution in [0.25, 0.3) is 0 Å². The number of allylic oxidation sites excluding steroid dienone is 4. The third-order valence-corrected chi connectivity index (χ3v) is 16.4. The molecular weight excluding hydrogens is 424 g/mol. The number of unbranched alkanes of at least 4 members (excludes halogenated alkanes) is 1. The molecule has 0 radical (unpaired) electrons. The van der Waals surface area contributed by atoms with Gasteiger partial charge in [-0.15, -0.1) is 0 Å². The van der Waals surface area contributed by atoms with Gasteiger partial charge in [0, 0.05) is 12.5 Å². The molecule has 2 atom stereocenters. The van der Waals surface area contributed by atoms with Crippen LogP contribution in [0.3, 0.4) is 0 Å². The molecule has 0 aromatic heterocycles. The Morgan fingerprint density at radius 2 is 1.38 bits per heavy atom. The van der Waals surface area contributed by atoms with Crippen LogP contribution >= 0.6 is 0 Å². The molecule has 0 spiro atoms. The molecule has 0 aromatic carbocycles. The van der Waals surface area contributed by atoms with Gasteiger partial charge in [-0.3, -0.25) is 0 Å². The van der Waals surface area contributed by atoms with Gasteiger partial charge in [0.15, 0.2) is 16.6 Å². The average Bonchev–Trinajstić information content (AvgIpc) is 2.58. The molecule has 0 aliphatic carbocycles. The lowest BCUT2D eigenvalue weighted by Crippen LogP contribution is -2.45. The van der Waals surface area contributed by atoms with E-state index >= 15 is 0 Å². The SMILES string of the molecule is CC=C/C(C)=C\[C@H](C)[C@@H](/C=C(\C)CCCCO[Si](C)(C)C(C)(C)C)O[Si](C)(C)C(C)(C)C. The summed E-state index contributed by atoms with van der Waals surface area (Å²) in [5.74, 6) is 0.345. The molecule has 0 aliphatic heterocycles. The standard InChI is InChI=1S/C28H56O2Si2/c1-15-18-23(2)21-25(4)26(30-32(13,14)28(8,9)10)22-24(3)19-16-17-20-29-31(11,12)27(5,6)7/h15,18,21-22,25-26H,16-17,19-20H2,1-14H3/b18-15?,23-21-,24-22+/t25-,26+/m0/s1. The predicted octanol–water partition coefficient (Wildman–Crippen LogP) is 9.67. The molecule has 2 nitrogen and oxygen atoms in total. The smallest absolute Gasteiger partial charge is 0.192 e.